The predicted molar refractivity (Wildman–Crippen MR) is 137 cm³/mol. The zero-order valence-electron chi connectivity index (χ0n) is 21.7. The average Bonchev–Trinajstić information content (AvgIpc) is 2.73. The SMILES string of the molecule is C=C/C=C\N=C(C)C(C)(F)F.C=O.C=O.CC1CC(C(C)(C)Cc2cccc(NC(C)(F)F)c2)C1. The third-order valence-corrected chi connectivity index (χ3v) is 5.56. The Morgan fingerprint density at radius 2 is 1.63 bits per heavy atom. The molecule has 0 spiro atoms. The molecule has 0 aromatic heterocycles. The van der Waals surface area contributed by atoms with Gasteiger partial charge in [0, 0.05) is 25.7 Å². The molecule has 0 unspecified atom stereocenters. The van der Waals surface area contributed by atoms with E-state index in [-0.39, 0.29) is 11.1 Å². The minimum absolute atomic E-state index is 0.199. The van der Waals surface area contributed by atoms with Crippen molar-refractivity contribution in [2.24, 2.45) is 22.2 Å². The highest BCUT2D eigenvalue weighted by molar-refractivity contribution is 5.88. The number of carbonyl (C=O) groups is 2. The molecule has 1 aliphatic carbocycles. The van der Waals surface area contributed by atoms with Gasteiger partial charge >= 0.3 is 6.05 Å². The Morgan fingerprint density at radius 1 is 1.09 bits per heavy atom. The van der Waals surface area contributed by atoms with Crippen molar-refractivity contribution in [2.75, 3.05) is 5.32 Å². The van der Waals surface area contributed by atoms with Crippen LogP contribution in [0.15, 0.2) is 54.2 Å². The molecule has 8 heteroatoms. The summed E-state index contributed by atoms with van der Waals surface area (Å²) in [6.07, 6.45) is 7.78. The molecule has 0 amide bonds. The van der Waals surface area contributed by atoms with Gasteiger partial charge in [-0.15, -0.1) is 0 Å². The smallest absolute Gasteiger partial charge is 0.320 e. The highest BCUT2D eigenvalue weighted by Gasteiger charge is 2.37. The van der Waals surface area contributed by atoms with Crippen LogP contribution in [0.25, 0.3) is 0 Å². The molecule has 0 saturated heterocycles. The van der Waals surface area contributed by atoms with E-state index in [9.17, 15) is 17.6 Å². The Hall–Kier alpha value is -2.77. The summed E-state index contributed by atoms with van der Waals surface area (Å²) < 4.78 is 50.7. The minimum atomic E-state index is -2.88. The van der Waals surface area contributed by atoms with Crippen LogP contribution in [0.3, 0.4) is 0 Å². The first kappa shape index (κ1) is 34.4. The summed E-state index contributed by atoms with van der Waals surface area (Å²) in [6.45, 7) is 17.2. The van der Waals surface area contributed by atoms with Crippen LogP contribution < -0.4 is 5.32 Å². The number of alkyl halides is 4. The number of carbonyl (C=O) groups excluding carboxylic acids is 2. The number of nitrogens with zero attached hydrogens (tertiary/aromatic N) is 1. The van der Waals surface area contributed by atoms with Crippen LogP contribution in [0.4, 0.5) is 23.2 Å². The van der Waals surface area contributed by atoms with Crippen molar-refractivity contribution in [3.8, 4) is 0 Å². The summed E-state index contributed by atoms with van der Waals surface area (Å²) in [5.74, 6) is -1.24. The number of hydrogen-bond donors (Lipinski definition) is 1. The summed E-state index contributed by atoms with van der Waals surface area (Å²) in [7, 11) is 0. The Bertz CT molecular complexity index is 804. The Balaban J connectivity index is 0. The van der Waals surface area contributed by atoms with Crippen LogP contribution in [0.5, 0.6) is 0 Å². The number of hydrogen-bond acceptors (Lipinski definition) is 4. The molecular formula is C27H40F4N2O2. The van der Waals surface area contributed by atoms with E-state index >= 15 is 0 Å². The van der Waals surface area contributed by atoms with Gasteiger partial charge in [0.15, 0.2) is 0 Å². The molecule has 4 nitrogen and oxygen atoms in total. The number of rotatable bonds is 8. The monoisotopic (exact) mass is 500 g/mol. The van der Waals surface area contributed by atoms with Crippen LogP contribution >= 0.6 is 0 Å². The van der Waals surface area contributed by atoms with Gasteiger partial charge in [0.2, 0.25) is 0 Å². The van der Waals surface area contributed by atoms with Gasteiger partial charge in [0.25, 0.3) is 5.92 Å². The fraction of sp³-hybridized carbons (Fsp3) is 0.519. The van der Waals surface area contributed by atoms with E-state index < -0.39 is 12.0 Å². The first-order valence-corrected chi connectivity index (χ1v) is 11.2. The first-order valence-electron chi connectivity index (χ1n) is 11.2. The molecule has 1 aliphatic rings. The van der Waals surface area contributed by atoms with Gasteiger partial charge in [-0.25, -0.2) is 8.78 Å². The zero-order valence-corrected chi connectivity index (χ0v) is 21.7. The maximum atomic E-state index is 13.0. The zero-order chi connectivity index (χ0) is 27.9. The normalized spacial score (nSPS) is 17.9. The summed E-state index contributed by atoms with van der Waals surface area (Å²) >= 11 is 0. The molecule has 0 bridgehead atoms. The number of anilines is 1. The molecule has 0 heterocycles. The second kappa shape index (κ2) is 16.0. The lowest BCUT2D eigenvalue weighted by Gasteiger charge is -2.44. The van der Waals surface area contributed by atoms with Gasteiger partial charge in [0.1, 0.15) is 13.6 Å². The number of benzene rings is 1. The fourth-order valence-corrected chi connectivity index (χ4v) is 3.55. The Labute approximate surface area is 207 Å². The van der Waals surface area contributed by atoms with E-state index in [0.29, 0.717) is 5.69 Å². The van der Waals surface area contributed by atoms with Crippen molar-refractivity contribution in [1.29, 1.82) is 0 Å². The van der Waals surface area contributed by atoms with Gasteiger partial charge < -0.3 is 14.9 Å². The maximum Gasteiger partial charge on any atom is 0.320 e. The van der Waals surface area contributed by atoms with Gasteiger partial charge in [-0.05, 0) is 67.2 Å². The summed E-state index contributed by atoms with van der Waals surface area (Å²) in [5, 5.41) is 2.24. The highest BCUT2D eigenvalue weighted by Crippen LogP contribution is 2.46. The van der Waals surface area contributed by atoms with E-state index in [4.69, 9.17) is 9.59 Å². The fourth-order valence-electron chi connectivity index (χ4n) is 3.55. The molecule has 1 saturated carbocycles. The molecule has 2 rings (SSSR count). The van der Waals surface area contributed by atoms with Crippen LogP contribution in [0.2, 0.25) is 0 Å². The lowest BCUT2D eigenvalue weighted by Crippen LogP contribution is -2.36. The van der Waals surface area contributed by atoms with Gasteiger partial charge in [-0.2, -0.15) is 8.78 Å². The number of allylic oxidation sites excluding steroid dienone is 2. The molecule has 1 aromatic rings. The van der Waals surface area contributed by atoms with Crippen molar-refractivity contribution in [3.05, 3.63) is 54.8 Å². The summed E-state index contributed by atoms with van der Waals surface area (Å²) in [4.78, 5) is 19.5. The van der Waals surface area contributed by atoms with Crippen molar-refractivity contribution >= 4 is 25.0 Å². The average molecular weight is 501 g/mol. The summed E-state index contributed by atoms with van der Waals surface area (Å²) in [5.41, 5.74) is 1.66. The quantitative estimate of drug-likeness (QED) is 0.172. The molecule has 0 atom stereocenters. The summed E-state index contributed by atoms with van der Waals surface area (Å²) in [6, 6.07) is 4.55. The van der Waals surface area contributed by atoms with Crippen LogP contribution in [-0.4, -0.2) is 31.3 Å². The van der Waals surface area contributed by atoms with Gasteiger partial charge in [0.05, 0.1) is 5.71 Å². The lowest BCUT2D eigenvalue weighted by atomic mass is 9.61. The van der Waals surface area contributed by atoms with Crippen LogP contribution in [0, 0.1) is 17.3 Å². The van der Waals surface area contributed by atoms with Gasteiger partial charge in [-0.1, -0.05) is 45.6 Å². The molecule has 0 aliphatic heterocycles. The van der Waals surface area contributed by atoms with Crippen molar-refractivity contribution < 1.29 is 27.2 Å². The second-order valence-corrected chi connectivity index (χ2v) is 9.33. The standard InChI is InChI=1S/C17H25F2N.C8H11F2N.2CH2O/c1-12-8-14(9-12)16(2,3)11-13-6-5-7-15(10-13)20-17(4,18)19;1-4-5-6-11-7(2)8(3,9)10;2*1-2/h5-7,10,12,14,20H,8-9,11H2,1-4H3;4-6H,1H2,2-3H3;2*1H2/b;6-5-,11-7?;;. The molecule has 1 N–H and O–H groups in total. The Morgan fingerprint density at radius 3 is 2.06 bits per heavy atom. The Kier molecular flexibility index (Phi) is 15.7. The molecule has 0 radical (unpaired) electrons. The largest absolute Gasteiger partial charge is 0.327 e. The number of aliphatic imine (C=N–C) groups is 1. The van der Waals surface area contributed by atoms with E-state index in [0.717, 1.165) is 37.7 Å². The molecular weight excluding hydrogens is 460 g/mol. The lowest BCUT2D eigenvalue weighted by molar-refractivity contribution is -0.0987. The highest BCUT2D eigenvalue weighted by atomic mass is 19.3. The van der Waals surface area contributed by atoms with Crippen LogP contribution in [-0.2, 0) is 16.0 Å². The van der Waals surface area contributed by atoms with Gasteiger partial charge in [-0.3, -0.25) is 4.99 Å². The van der Waals surface area contributed by atoms with E-state index in [1.807, 2.05) is 31.8 Å². The van der Waals surface area contributed by atoms with Crippen LogP contribution in [0.1, 0.15) is 59.9 Å². The minimum Gasteiger partial charge on any atom is -0.327 e. The van der Waals surface area contributed by atoms with Crippen molar-refractivity contribution in [3.63, 3.8) is 0 Å². The maximum absolute atomic E-state index is 13.0. The number of nitrogens with one attached hydrogen (secondary N) is 1. The molecule has 1 fully saturated rings. The van der Waals surface area contributed by atoms with Crippen molar-refractivity contribution in [1.82, 2.24) is 0 Å². The molecule has 1 aromatic carbocycles. The predicted octanol–water partition coefficient (Wildman–Crippen LogP) is 7.76. The van der Waals surface area contributed by atoms with E-state index in [2.05, 4.69) is 37.7 Å². The van der Waals surface area contributed by atoms with Crippen molar-refractivity contribution in [2.45, 2.75) is 72.8 Å². The third kappa shape index (κ3) is 15.0. The third-order valence-electron chi connectivity index (χ3n) is 5.56. The first-order chi connectivity index (χ1) is 16.1. The molecule has 198 valence electrons. The second-order valence-electron chi connectivity index (χ2n) is 9.33. The van der Waals surface area contributed by atoms with E-state index in [1.165, 1.54) is 38.1 Å². The van der Waals surface area contributed by atoms with E-state index in [1.54, 1.807) is 6.07 Å². The number of halogens is 4. The topological polar surface area (TPSA) is 58.5 Å². The molecule has 35 heavy (non-hydrogen) atoms.